The molecule has 4 aromatic carbocycles. The van der Waals surface area contributed by atoms with Gasteiger partial charge in [0.05, 0.1) is 0 Å². The first-order chi connectivity index (χ1) is 17.2. The lowest BCUT2D eigenvalue weighted by atomic mass is 10.00. The van der Waals surface area contributed by atoms with Crippen molar-refractivity contribution in [1.29, 1.82) is 0 Å². The van der Waals surface area contributed by atoms with Crippen molar-refractivity contribution in [3.05, 3.63) is 118 Å². The van der Waals surface area contributed by atoms with Crippen molar-refractivity contribution in [1.82, 2.24) is 0 Å². The Balaban J connectivity index is 1.37. The minimum Gasteiger partial charge on any atom is -0.206 e. The molecule has 178 valence electrons. The first-order valence-corrected chi connectivity index (χ1v) is 13.1. The van der Waals surface area contributed by atoms with Gasteiger partial charge >= 0.3 is 0 Å². The summed E-state index contributed by atoms with van der Waals surface area (Å²) in [5.74, 6) is 6.42. The largest absolute Gasteiger partial charge is 0.206 e. The van der Waals surface area contributed by atoms with Gasteiger partial charge in [0.2, 0.25) is 0 Å². The Morgan fingerprint density at radius 2 is 1.11 bits per heavy atom. The van der Waals surface area contributed by atoms with Crippen LogP contribution in [-0.2, 0) is 25.7 Å². The molecule has 0 atom stereocenters. The van der Waals surface area contributed by atoms with E-state index < -0.39 is 0 Å². The predicted octanol–water partition coefficient (Wildman–Crippen LogP) is 8.85. The van der Waals surface area contributed by atoms with E-state index in [0.717, 1.165) is 54.2 Å². The van der Waals surface area contributed by atoms with Gasteiger partial charge in [-0.3, -0.25) is 0 Å². The maximum atomic E-state index is 14.8. The highest BCUT2D eigenvalue weighted by Gasteiger charge is 2.07. The summed E-state index contributed by atoms with van der Waals surface area (Å²) in [5.41, 5.74) is 6.86. The van der Waals surface area contributed by atoms with E-state index in [4.69, 9.17) is 0 Å². The highest BCUT2D eigenvalue weighted by atomic mass is 19.1. The molecule has 0 bridgehead atoms. The zero-order valence-electron chi connectivity index (χ0n) is 21.0. The summed E-state index contributed by atoms with van der Waals surface area (Å²) in [7, 11) is 0. The number of benzene rings is 4. The van der Waals surface area contributed by atoms with E-state index in [-0.39, 0.29) is 5.82 Å². The molecule has 0 nitrogen and oxygen atoms in total. The highest BCUT2D eigenvalue weighted by molar-refractivity contribution is 5.85. The first kappa shape index (κ1) is 24.7. The van der Waals surface area contributed by atoms with Crippen LogP contribution in [0, 0.1) is 17.7 Å². The van der Waals surface area contributed by atoms with Crippen LogP contribution in [0.3, 0.4) is 0 Å². The SMILES string of the molecule is CCCCc1ccc(CCc2ccc(C#Cc3ccc4c(F)c(CCCC)ccc4c3)cc2)cc1. The molecule has 0 aliphatic heterocycles. The molecule has 35 heavy (non-hydrogen) atoms. The molecule has 4 aromatic rings. The molecule has 0 amide bonds. The van der Waals surface area contributed by atoms with Gasteiger partial charge in [0, 0.05) is 16.5 Å². The van der Waals surface area contributed by atoms with E-state index in [9.17, 15) is 4.39 Å². The third-order valence-corrected chi connectivity index (χ3v) is 6.68. The lowest BCUT2D eigenvalue weighted by Gasteiger charge is -2.06. The van der Waals surface area contributed by atoms with Crippen LogP contribution in [0.25, 0.3) is 10.8 Å². The minimum absolute atomic E-state index is 0.0847. The van der Waals surface area contributed by atoms with Gasteiger partial charge in [-0.25, -0.2) is 4.39 Å². The molecular formula is C34H35F. The molecule has 0 fully saturated rings. The number of hydrogen-bond acceptors (Lipinski definition) is 0. The normalized spacial score (nSPS) is 10.8. The molecule has 0 saturated heterocycles. The summed E-state index contributed by atoms with van der Waals surface area (Å²) in [6.45, 7) is 4.37. The van der Waals surface area contributed by atoms with Crippen LogP contribution >= 0.6 is 0 Å². The number of halogens is 1. The van der Waals surface area contributed by atoms with Gasteiger partial charge in [-0.1, -0.05) is 93.1 Å². The third kappa shape index (κ3) is 6.83. The standard InChI is InChI=1S/C34H35F/c1-3-5-7-26-9-11-27(12-10-26)13-14-28-15-17-29(18-16-28)19-20-30-21-24-33-32(25-30)23-22-31(34(33)35)8-6-4-2/h9-12,15-18,21-25H,3-8,13-14H2,1-2H3. The maximum absolute atomic E-state index is 14.8. The van der Waals surface area contributed by atoms with E-state index in [1.165, 1.54) is 36.0 Å². The minimum atomic E-state index is -0.0847. The van der Waals surface area contributed by atoms with E-state index in [2.05, 4.69) is 74.2 Å². The van der Waals surface area contributed by atoms with Crippen LogP contribution in [0.5, 0.6) is 0 Å². The summed E-state index contributed by atoms with van der Waals surface area (Å²) in [6.07, 6.45) is 8.62. The second-order valence-corrected chi connectivity index (χ2v) is 9.45. The van der Waals surface area contributed by atoms with Gasteiger partial charge in [-0.15, -0.1) is 0 Å². The number of rotatable bonds is 9. The molecule has 0 heterocycles. The van der Waals surface area contributed by atoms with Crippen LogP contribution < -0.4 is 0 Å². The molecule has 0 spiro atoms. The van der Waals surface area contributed by atoms with Crippen molar-refractivity contribution in [2.75, 3.05) is 0 Å². The monoisotopic (exact) mass is 462 g/mol. The van der Waals surface area contributed by atoms with Crippen molar-refractivity contribution in [2.24, 2.45) is 0 Å². The molecule has 0 aromatic heterocycles. The number of unbranched alkanes of at least 4 members (excludes halogenated alkanes) is 2. The fourth-order valence-electron chi connectivity index (χ4n) is 4.42. The molecule has 0 N–H and O–H groups in total. The Kier molecular flexibility index (Phi) is 8.74. The quantitative estimate of drug-likeness (QED) is 0.218. The average Bonchev–Trinajstić information content (AvgIpc) is 2.90. The van der Waals surface area contributed by atoms with Crippen molar-refractivity contribution in [3.8, 4) is 11.8 Å². The summed E-state index contributed by atoms with van der Waals surface area (Å²) >= 11 is 0. The van der Waals surface area contributed by atoms with Gasteiger partial charge in [-0.2, -0.15) is 0 Å². The average molecular weight is 463 g/mol. The van der Waals surface area contributed by atoms with Crippen molar-refractivity contribution >= 4 is 10.8 Å². The molecule has 0 aliphatic rings. The molecule has 0 saturated carbocycles. The zero-order valence-corrected chi connectivity index (χ0v) is 21.0. The molecule has 0 unspecified atom stereocenters. The van der Waals surface area contributed by atoms with Crippen LogP contribution in [0.1, 0.15) is 72.9 Å². The van der Waals surface area contributed by atoms with E-state index in [1.54, 1.807) is 0 Å². The zero-order chi connectivity index (χ0) is 24.5. The molecule has 4 rings (SSSR count). The van der Waals surface area contributed by atoms with Crippen LogP contribution in [-0.4, -0.2) is 0 Å². The predicted molar refractivity (Wildman–Crippen MR) is 147 cm³/mol. The highest BCUT2D eigenvalue weighted by Crippen LogP contribution is 2.23. The van der Waals surface area contributed by atoms with E-state index >= 15 is 0 Å². The summed E-state index contributed by atoms with van der Waals surface area (Å²) in [6, 6.07) is 27.3. The fraction of sp³-hybridized carbons (Fsp3) is 0.294. The second-order valence-electron chi connectivity index (χ2n) is 9.45. The van der Waals surface area contributed by atoms with Gasteiger partial charge in [-0.05, 0) is 90.4 Å². The molecule has 0 radical (unpaired) electrons. The Hall–Kier alpha value is -3.37. The second kappa shape index (κ2) is 12.4. The van der Waals surface area contributed by atoms with E-state index in [1.807, 2.05) is 30.3 Å². The number of aryl methyl sites for hydroxylation is 4. The Labute approximate surface area is 210 Å². The molecule has 1 heteroatoms. The van der Waals surface area contributed by atoms with Crippen molar-refractivity contribution < 1.29 is 4.39 Å². The smallest absolute Gasteiger partial charge is 0.134 e. The van der Waals surface area contributed by atoms with E-state index in [0.29, 0.717) is 5.39 Å². The van der Waals surface area contributed by atoms with Gasteiger partial charge in [0.15, 0.2) is 0 Å². The number of fused-ring (bicyclic) bond motifs is 1. The van der Waals surface area contributed by atoms with Gasteiger partial charge < -0.3 is 0 Å². The van der Waals surface area contributed by atoms with Crippen LogP contribution in [0.2, 0.25) is 0 Å². The lowest BCUT2D eigenvalue weighted by molar-refractivity contribution is 0.614. The Bertz CT molecular complexity index is 1300. The van der Waals surface area contributed by atoms with Crippen LogP contribution in [0.15, 0.2) is 78.9 Å². The lowest BCUT2D eigenvalue weighted by Crippen LogP contribution is -1.93. The third-order valence-electron chi connectivity index (χ3n) is 6.68. The Morgan fingerprint density at radius 1 is 0.571 bits per heavy atom. The maximum Gasteiger partial charge on any atom is 0.134 e. The molecule has 0 aliphatic carbocycles. The van der Waals surface area contributed by atoms with Crippen molar-refractivity contribution in [3.63, 3.8) is 0 Å². The molecular weight excluding hydrogens is 427 g/mol. The van der Waals surface area contributed by atoms with Crippen LogP contribution in [0.4, 0.5) is 4.39 Å². The fourth-order valence-corrected chi connectivity index (χ4v) is 4.42. The topological polar surface area (TPSA) is 0 Å². The summed E-state index contributed by atoms with van der Waals surface area (Å²) in [4.78, 5) is 0. The van der Waals surface area contributed by atoms with Gasteiger partial charge in [0.25, 0.3) is 0 Å². The summed E-state index contributed by atoms with van der Waals surface area (Å²) in [5, 5.41) is 1.59. The number of hydrogen-bond donors (Lipinski definition) is 0. The van der Waals surface area contributed by atoms with Crippen molar-refractivity contribution in [2.45, 2.75) is 65.2 Å². The first-order valence-electron chi connectivity index (χ1n) is 13.1. The Morgan fingerprint density at radius 3 is 1.77 bits per heavy atom. The van der Waals surface area contributed by atoms with Gasteiger partial charge in [0.1, 0.15) is 5.82 Å². The summed E-state index contributed by atoms with van der Waals surface area (Å²) < 4.78 is 14.8.